The molecule has 6 heteroatoms. The number of hydrogen-bond acceptors (Lipinski definition) is 6. The molecule has 126 valence electrons. The Morgan fingerprint density at radius 3 is 2.52 bits per heavy atom. The van der Waals surface area contributed by atoms with E-state index in [9.17, 15) is 4.79 Å². The summed E-state index contributed by atoms with van der Waals surface area (Å²) in [6, 6.07) is 3.56. The summed E-state index contributed by atoms with van der Waals surface area (Å²) >= 11 is 0. The number of carbonyl (C=O) groups excluding carboxylic acids is 1. The van der Waals surface area contributed by atoms with Crippen molar-refractivity contribution in [1.29, 1.82) is 0 Å². The number of furan rings is 1. The molecule has 23 heavy (non-hydrogen) atoms. The van der Waals surface area contributed by atoms with E-state index >= 15 is 0 Å². The van der Waals surface area contributed by atoms with E-state index < -0.39 is 0 Å². The second-order valence-electron chi connectivity index (χ2n) is 4.50. The van der Waals surface area contributed by atoms with Gasteiger partial charge in [0.05, 0.1) is 6.26 Å². The van der Waals surface area contributed by atoms with E-state index in [0.29, 0.717) is 29.9 Å². The second-order valence-corrected chi connectivity index (χ2v) is 4.50. The van der Waals surface area contributed by atoms with Crippen LogP contribution < -0.4 is 0 Å². The lowest BCUT2D eigenvalue weighted by Crippen LogP contribution is -1.77. The summed E-state index contributed by atoms with van der Waals surface area (Å²) in [6.45, 7) is 6.06. The first-order valence-electron chi connectivity index (χ1n) is 7.22. The first kappa shape index (κ1) is 20.5. The Bertz CT molecular complexity index is 569. The smallest absolute Gasteiger partial charge is 0.283 e. The highest BCUT2D eigenvalue weighted by atomic mass is 16.4. The van der Waals surface area contributed by atoms with Crippen molar-refractivity contribution in [3.05, 3.63) is 42.5 Å². The van der Waals surface area contributed by atoms with Gasteiger partial charge < -0.3 is 18.7 Å². The van der Waals surface area contributed by atoms with Crippen molar-refractivity contribution in [3.8, 4) is 11.7 Å². The van der Waals surface area contributed by atoms with E-state index in [1.807, 2.05) is 31.2 Å². The fourth-order valence-corrected chi connectivity index (χ4v) is 1.27. The number of aliphatic hydroxyl groups is 1. The lowest BCUT2D eigenvalue weighted by atomic mass is 10.2. The molecule has 2 rings (SSSR count). The number of rotatable bonds is 5. The zero-order valence-corrected chi connectivity index (χ0v) is 14.0. The summed E-state index contributed by atoms with van der Waals surface area (Å²) in [4.78, 5) is 9.51. The molecule has 0 spiro atoms. The third kappa shape index (κ3) is 9.21. The van der Waals surface area contributed by atoms with Crippen LogP contribution in [0.15, 0.2) is 45.5 Å². The molecule has 0 saturated heterocycles. The molecule has 0 aliphatic carbocycles. The third-order valence-electron chi connectivity index (χ3n) is 2.26. The number of hydrogen-bond donors (Lipinski definition) is 1. The van der Waals surface area contributed by atoms with E-state index in [0.717, 1.165) is 13.4 Å². The molecule has 0 unspecified atom stereocenters. The Labute approximate surface area is 136 Å². The molecule has 0 atom stereocenters. The van der Waals surface area contributed by atoms with Crippen molar-refractivity contribution in [2.24, 2.45) is 5.92 Å². The van der Waals surface area contributed by atoms with E-state index in [2.05, 4.69) is 24.0 Å². The lowest BCUT2D eigenvalue weighted by molar-refractivity contribution is -0.107. The van der Waals surface area contributed by atoms with Gasteiger partial charge in [-0.25, -0.2) is 0 Å². The number of aliphatic hydroxyl groups excluding tert-OH is 1. The molecule has 0 aliphatic heterocycles. The van der Waals surface area contributed by atoms with Crippen molar-refractivity contribution in [2.75, 3.05) is 7.11 Å². The van der Waals surface area contributed by atoms with Crippen molar-refractivity contribution in [2.45, 2.75) is 27.2 Å². The lowest BCUT2D eigenvalue weighted by Gasteiger charge is -1.89. The number of allylic oxidation sites excluding steroid dienone is 3. The zero-order valence-electron chi connectivity index (χ0n) is 14.0. The van der Waals surface area contributed by atoms with Crippen LogP contribution >= 0.6 is 0 Å². The standard InChI is InChI=1S/C11H12N2O2.C5H8O.CH4O/c1-8(2)5-6-10-12-13-11(15-10)9-4-3-7-14-9;1-2-3-4-5-6;1-2/h3-8H,1-2H3;2-3,5H,4H2,1H3;2H,1H3/b6-5+;3-2-;. The van der Waals surface area contributed by atoms with Crippen LogP contribution in [0.5, 0.6) is 0 Å². The summed E-state index contributed by atoms with van der Waals surface area (Å²) < 4.78 is 10.5. The van der Waals surface area contributed by atoms with Crippen molar-refractivity contribution < 1.29 is 18.7 Å². The molecule has 0 radical (unpaired) electrons. The summed E-state index contributed by atoms with van der Waals surface area (Å²) in [5, 5.41) is 14.8. The molecule has 2 aromatic heterocycles. The van der Waals surface area contributed by atoms with Gasteiger partial charge in [-0.3, -0.25) is 0 Å². The molecule has 0 aliphatic rings. The Morgan fingerprint density at radius 1 is 1.30 bits per heavy atom. The van der Waals surface area contributed by atoms with Gasteiger partial charge in [0, 0.05) is 13.5 Å². The predicted octanol–water partition coefficient (Wildman–Crippen LogP) is 3.76. The van der Waals surface area contributed by atoms with E-state index in [1.165, 1.54) is 0 Å². The number of nitrogens with zero attached hydrogens (tertiary/aromatic N) is 2. The minimum atomic E-state index is 0.406. The molecular weight excluding hydrogens is 296 g/mol. The highest BCUT2D eigenvalue weighted by molar-refractivity contribution is 5.51. The molecule has 0 aromatic carbocycles. The Morgan fingerprint density at radius 2 is 2.04 bits per heavy atom. The van der Waals surface area contributed by atoms with Crippen LogP contribution in [-0.4, -0.2) is 28.7 Å². The average Bonchev–Trinajstić information content (AvgIpc) is 3.24. The predicted molar refractivity (Wildman–Crippen MR) is 89.5 cm³/mol. The molecule has 1 N–H and O–H groups in total. The fourth-order valence-electron chi connectivity index (χ4n) is 1.27. The van der Waals surface area contributed by atoms with E-state index in [-0.39, 0.29) is 0 Å². The summed E-state index contributed by atoms with van der Waals surface area (Å²) in [5.41, 5.74) is 0. The van der Waals surface area contributed by atoms with Crippen molar-refractivity contribution in [1.82, 2.24) is 10.2 Å². The van der Waals surface area contributed by atoms with Crippen LogP contribution in [0.2, 0.25) is 0 Å². The maximum atomic E-state index is 9.51. The topological polar surface area (TPSA) is 89.4 Å². The Kier molecular flexibility index (Phi) is 11.8. The molecular formula is C17H24N2O4. The number of carbonyl (C=O) groups is 1. The maximum Gasteiger partial charge on any atom is 0.283 e. The largest absolute Gasteiger partial charge is 0.459 e. The number of aromatic nitrogens is 2. The highest BCUT2D eigenvalue weighted by Crippen LogP contribution is 2.18. The van der Waals surface area contributed by atoms with Gasteiger partial charge in [0.1, 0.15) is 6.29 Å². The molecule has 0 bridgehead atoms. The van der Waals surface area contributed by atoms with Gasteiger partial charge >= 0.3 is 0 Å². The molecule has 2 heterocycles. The van der Waals surface area contributed by atoms with Gasteiger partial charge in [0.2, 0.25) is 5.89 Å². The SMILES string of the molecule is C/C=C\CC=O.CC(C)/C=C/c1nnc(-c2ccco2)o1.CO. The molecule has 0 amide bonds. The first-order chi connectivity index (χ1) is 11.2. The van der Waals surface area contributed by atoms with Gasteiger partial charge in [-0.15, -0.1) is 10.2 Å². The monoisotopic (exact) mass is 320 g/mol. The minimum absolute atomic E-state index is 0.406. The van der Waals surface area contributed by atoms with Crippen LogP contribution in [0.3, 0.4) is 0 Å². The van der Waals surface area contributed by atoms with Gasteiger partial charge in [0.25, 0.3) is 5.89 Å². The minimum Gasteiger partial charge on any atom is -0.459 e. The van der Waals surface area contributed by atoms with Crippen molar-refractivity contribution >= 4 is 12.4 Å². The zero-order chi connectivity index (χ0) is 17.5. The third-order valence-corrected chi connectivity index (χ3v) is 2.26. The molecule has 2 aromatic rings. The fraction of sp³-hybridized carbons (Fsp3) is 0.353. The molecule has 0 saturated carbocycles. The van der Waals surface area contributed by atoms with Crippen molar-refractivity contribution in [3.63, 3.8) is 0 Å². The number of aldehydes is 1. The van der Waals surface area contributed by atoms with Gasteiger partial charge in [-0.2, -0.15) is 0 Å². The Balaban J connectivity index is 0.000000515. The Hall–Kier alpha value is -2.47. The molecule has 6 nitrogen and oxygen atoms in total. The highest BCUT2D eigenvalue weighted by Gasteiger charge is 2.08. The van der Waals surface area contributed by atoms with Gasteiger partial charge in [0.15, 0.2) is 5.76 Å². The normalized spacial score (nSPS) is 10.3. The van der Waals surface area contributed by atoms with Gasteiger partial charge in [-0.1, -0.05) is 32.1 Å². The van der Waals surface area contributed by atoms with Crippen LogP contribution in [0.4, 0.5) is 0 Å². The second kappa shape index (κ2) is 13.2. The van der Waals surface area contributed by atoms with E-state index in [1.54, 1.807) is 18.4 Å². The van der Waals surface area contributed by atoms with E-state index in [4.69, 9.17) is 13.9 Å². The van der Waals surface area contributed by atoms with Crippen LogP contribution in [0, 0.1) is 5.92 Å². The maximum absolute atomic E-state index is 9.51. The first-order valence-corrected chi connectivity index (χ1v) is 7.22. The van der Waals surface area contributed by atoms with Crippen LogP contribution in [0.25, 0.3) is 17.7 Å². The van der Waals surface area contributed by atoms with Crippen LogP contribution in [0.1, 0.15) is 33.1 Å². The molecule has 0 fully saturated rings. The summed E-state index contributed by atoms with van der Waals surface area (Å²) in [6.07, 6.45) is 10.5. The summed E-state index contributed by atoms with van der Waals surface area (Å²) in [7, 11) is 1.00. The van der Waals surface area contributed by atoms with Gasteiger partial charge in [-0.05, 0) is 31.1 Å². The quantitative estimate of drug-likeness (QED) is 0.666. The summed E-state index contributed by atoms with van der Waals surface area (Å²) in [5.74, 6) is 1.95. The average molecular weight is 320 g/mol. The van der Waals surface area contributed by atoms with Crippen LogP contribution in [-0.2, 0) is 4.79 Å².